The van der Waals surface area contributed by atoms with Gasteiger partial charge in [0.1, 0.15) is 6.10 Å². The quantitative estimate of drug-likeness (QED) is 0.0313. The van der Waals surface area contributed by atoms with Gasteiger partial charge in [-0.2, -0.15) is 0 Å². The second-order valence-corrected chi connectivity index (χ2v) is 13.7. The van der Waals surface area contributed by atoms with Crippen molar-refractivity contribution >= 4 is 34.5 Å². The number of carbonyl (C=O) groups is 2. The van der Waals surface area contributed by atoms with Crippen LogP contribution in [-0.4, -0.2) is 77.1 Å². The normalized spacial score (nSPS) is 11.7. The molecule has 1 atom stereocenters. The topological polar surface area (TPSA) is 70.1 Å². The van der Waals surface area contributed by atoms with Crippen LogP contribution >= 0.6 is 22.6 Å². The Morgan fingerprint density at radius 3 is 1.69 bits per heavy atom. The van der Waals surface area contributed by atoms with Crippen LogP contribution in [0, 0.1) is 0 Å². The highest BCUT2D eigenvalue weighted by atomic mass is 127. The predicted molar refractivity (Wildman–Crippen MR) is 203 cm³/mol. The Kier molecular flexibility index (Phi) is 39.5. The van der Waals surface area contributed by atoms with E-state index in [9.17, 15) is 14.7 Å². The second kappa shape index (κ2) is 38.0. The second-order valence-electron chi connectivity index (χ2n) is 12.6. The number of ether oxygens (including phenoxy) is 1. The number of alkyl halides is 1. The Labute approximate surface area is 294 Å². The molecule has 0 fully saturated rings. The summed E-state index contributed by atoms with van der Waals surface area (Å²) in [6.07, 6.45) is 26.6. The van der Waals surface area contributed by atoms with E-state index in [2.05, 4.69) is 41.3 Å². The third-order valence-electron chi connectivity index (χ3n) is 8.50. The number of rotatable bonds is 33. The summed E-state index contributed by atoms with van der Waals surface area (Å²) in [4.78, 5) is 29.1. The van der Waals surface area contributed by atoms with Crippen LogP contribution in [0.5, 0.6) is 0 Å². The van der Waals surface area contributed by atoms with Gasteiger partial charge in [-0.1, -0.05) is 127 Å². The lowest BCUT2D eigenvalue weighted by Crippen LogP contribution is -2.29. The first kappa shape index (κ1) is 46.7. The van der Waals surface area contributed by atoms with Crippen LogP contribution in [0.2, 0.25) is 0 Å². The molecule has 0 aliphatic rings. The van der Waals surface area contributed by atoms with Crippen LogP contribution in [0.25, 0.3) is 0 Å². The molecule has 0 spiro atoms. The highest BCUT2D eigenvalue weighted by Crippen LogP contribution is 2.17. The van der Waals surface area contributed by atoms with Crippen LogP contribution in [0.15, 0.2) is 0 Å². The van der Waals surface area contributed by atoms with E-state index >= 15 is 0 Å². The molecule has 0 rings (SSSR count). The summed E-state index contributed by atoms with van der Waals surface area (Å²) in [5.74, 6) is 0.277. The summed E-state index contributed by atoms with van der Waals surface area (Å²) >= 11 is 2.43. The number of nitrogens with zero attached hydrogens (tertiary/aromatic N) is 2. The van der Waals surface area contributed by atoms with Crippen molar-refractivity contribution in [1.29, 1.82) is 0 Å². The van der Waals surface area contributed by atoms with E-state index in [0.29, 0.717) is 12.8 Å². The van der Waals surface area contributed by atoms with E-state index in [1.165, 1.54) is 62.2 Å². The summed E-state index contributed by atoms with van der Waals surface area (Å²) in [7, 11) is 1.95. The van der Waals surface area contributed by atoms with Gasteiger partial charge in [0.05, 0.1) is 6.61 Å². The van der Waals surface area contributed by atoms with Crippen molar-refractivity contribution in [1.82, 2.24) is 9.80 Å². The van der Waals surface area contributed by atoms with Gasteiger partial charge in [-0.15, -0.1) is 0 Å². The molecule has 0 aromatic carbocycles. The Hall–Kier alpha value is -0.410. The molecular formula is C38H77IN2O4. The monoisotopic (exact) mass is 752 g/mol. The van der Waals surface area contributed by atoms with Gasteiger partial charge < -0.3 is 19.6 Å². The molecule has 0 aromatic heterocycles. The highest BCUT2D eigenvalue weighted by molar-refractivity contribution is 14.1. The zero-order valence-electron chi connectivity index (χ0n) is 30.7. The number of amides is 1. The van der Waals surface area contributed by atoms with Gasteiger partial charge in [-0.25, -0.2) is 0 Å². The molecule has 0 aliphatic heterocycles. The minimum Gasteiger partial charge on any atom is -0.462 e. The van der Waals surface area contributed by atoms with Gasteiger partial charge in [0.2, 0.25) is 5.91 Å². The Bertz CT molecular complexity index is 623. The van der Waals surface area contributed by atoms with Gasteiger partial charge in [-0.05, 0) is 81.7 Å². The lowest BCUT2D eigenvalue weighted by Gasteiger charge is -2.21. The largest absolute Gasteiger partial charge is 0.462 e. The molecule has 0 saturated heterocycles. The molecule has 1 unspecified atom stereocenters. The minimum atomic E-state index is -0.00402. The van der Waals surface area contributed by atoms with Crippen molar-refractivity contribution in [2.75, 3.05) is 44.3 Å². The van der Waals surface area contributed by atoms with Crippen molar-refractivity contribution in [3.63, 3.8) is 0 Å². The average molecular weight is 753 g/mol. The fraction of sp³-hybridized carbons (Fsp3) is 0.947. The van der Waals surface area contributed by atoms with Crippen LogP contribution in [0.1, 0.15) is 182 Å². The predicted octanol–water partition coefficient (Wildman–Crippen LogP) is 10.5. The number of hydrogen-bond donors (Lipinski definition) is 1. The van der Waals surface area contributed by atoms with Crippen molar-refractivity contribution in [2.24, 2.45) is 0 Å². The molecule has 0 aliphatic carbocycles. The third-order valence-corrected chi connectivity index (χ3v) is 9.26. The lowest BCUT2D eigenvalue weighted by molar-refractivity contribution is -0.150. The van der Waals surface area contributed by atoms with Gasteiger partial charge >= 0.3 is 5.97 Å². The number of aliphatic hydroxyl groups is 1. The Balaban J connectivity index is 0. The van der Waals surface area contributed by atoms with Crippen LogP contribution in [-0.2, 0) is 14.3 Å². The summed E-state index contributed by atoms with van der Waals surface area (Å²) in [6, 6.07) is 0. The molecule has 0 radical (unpaired) electrons. The summed E-state index contributed by atoms with van der Waals surface area (Å²) in [5.41, 5.74) is 0. The van der Waals surface area contributed by atoms with E-state index in [4.69, 9.17) is 4.74 Å². The third kappa shape index (κ3) is 33.3. The van der Waals surface area contributed by atoms with E-state index in [1.54, 1.807) is 0 Å². The average Bonchev–Trinajstić information content (AvgIpc) is 3.04. The van der Waals surface area contributed by atoms with Crippen molar-refractivity contribution in [3.8, 4) is 0 Å². The highest BCUT2D eigenvalue weighted by Gasteiger charge is 2.14. The van der Waals surface area contributed by atoms with Gasteiger partial charge in [0, 0.05) is 33.0 Å². The zero-order chi connectivity index (χ0) is 33.8. The fourth-order valence-electron chi connectivity index (χ4n) is 5.62. The van der Waals surface area contributed by atoms with E-state index < -0.39 is 0 Å². The molecule has 0 aromatic rings. The Morgan fingerprint density at radius 1 is 0.622 bits per heavy atom. The summed E-state index contributed by atoms with van der Waals surface area (Å²) < 4.78 is 7.09. The van der Waals surface area contributed by atoms with Crippen LogP contribution in [0.4, 0.5) is 0 Å². The van der Waals surface area contributed by atoms with Crippen molar-refractivity contribution in [3.05, 3.63) is 0 Å². The van der Waals surface area contributed by atoms with Crippen LogP contribution in [0.3, 0.4) is 0 Å². The maximum atomic E-state index is 12.5. The summed E-state index contributed by atoms with van der Waals surface area (Å²) in [6.45, 7) is 12.3. The number of unbranched alkanes of at least 4 members (excludes halogenated alkanes) is 15. The number of carbonyl (C=O) groups excluding carboxylic acids is 2. The molecule has 270 valence electrons. The number of esters is 1. The minimum absolute atomic E-state index is 0.00402. The fourth-order valence-corrected chi connectivity index (χ4v) is 6.16. The molecule has 7 heteroatoms. The number of aliphatic hydroxyl groups excluding tert-OH is 1. The zero-order valence-corrected chi connectivity index (χ0v) is 32.9. The molecular weight excluding hydrogens is 675 g/mol. The molecule has 1 amide bonds. The standard InChI is InChI=1S/C36H71IN2O4.C2H6/c1-4-6-8-9-12-21-29-38(3)35(41)26-18-15-23-31-39(32-33-40)30-22-13-10-11-19-27-36(42)43-34(24-16-7-5-2)25-17-14-20-28-37;1-2/h34,40H,4-33H2,1-3H3;1-2H3. The number of hydrogen-bond acceptors (Lipinski definition) is 5. The van der Waals surface area contributed by atoms with Gasteiger partial charge in [0.15, 0.2) is 0 Å². The summed E-state index contributed by atoms with van der Waals surface area (Å²) in [5, 5.41) is 9.49. The molecule has 0 heterocycles. The SMILES string of the molecule is CC.CCCCCCCCN(C)C(=O)CCCCCN(CCO)CCCCCCCC(=O)OC(CCCCC)CCCCCI. The maximum absolute atomic E-state index is 12.5. The first-order chi connectivity index (χ1) is 22.0. The first-order valence-electron chi connectivity index (χ1n) is 19.3. The molecule has 0 saturated carbocycles. The van der Waals surface area contributed by atoms with Crippen molar-refractivity contribution < 1.29 is 19.4 Å². The molecule has 0 bridgehead atoms. The van der Waals surface area contributed by atoms with Crippen molar-refractivity contribution in [2.45, 2.75) is 188 Å². The molecule has 6 nitrogen and oxygen atoms in total. The molecule has 45 heavy (non-hydrogen) atoms. The Morgan fingerprint density at radius 2 is 1.09 bits per heavy atom. The van der Waals surface area contributed by atoms with Crippen LogP contribution < -0.4 is 0 Å². The van der Waals surface area contributed by atoms with E-state index in [1.807, 2.05) is 25.8 Å². The first-order valence-corrected chi connectivity index (χ1v) is 20.8. The van der Waals surface area contributed by atoms with Gasteiger partial charge in [0.25, 0.3) is 0 Å². The smallest absolute Gasteiger partial charge is 0.306 e. The lowest BCUT2D eigenvalue weighted by atomic mass is 10.0. The maximum Gasteiger partial charge on any atom is 0.306 e. The molecule has 1 N–H and O–H groups in total. The van der Waals surface area contributed by atoms with Gasteiger partial charge in [-0.3, -0.25) is 9.59 Å². The number of halogens is 1. The van der Waals surface area contributed by atoms with E-state index in [0.717, 1.165) is 110 Å². The van der Waals surface area contributed by atoms with E-state index in [-0.39, 0.29) is 24.6 Å².